The lowest BCUT2D eigenvalue weighted by molar-refractivity contribution is -0.261. The molecule has 5 heteroatoms. The van der Waals surface area contributed by atoms with Gasteiger partial charge >= 0.3 is 5.97 Å². The molecular weight excluding hydrogens is 252 g/mol. The minimum Gasteiger partial charge on any atom is -0.465 e. The minimum atomic E-state index is -1.29. The van der Waals surface area contributed by atoms with Crippen molar-refractivity contribution >= 4 is 21.9 Å². The Morgan fingerprint density at radius 1 is 1.50 bits per heavy atom. The van der Waals surface area contributed by atoms with Gasteiger partial charge in [0.05, 0.1) is 18.0 Å². The molecule has 1 aliphatic heterocycles. The predicted octanol–water partition coefficient (Wildman–Crippen LogP) is 1.46. The summed E-state index contributed by atoms with van der Waals surface area (Å²) in [4.78, 5) is 11.4. The van der Waals surface area contributed by atoms with Crippen LogP contribution in [0, 0.1) is 0 Å². The number of hydrogen-bond acceptors (Lipinski definition) is 4. The van der Waals surface area contributed by atoms with E-state index in [0.717, 1.165) is 12.8 Å². The Balaban J connectivity index is 2.88. The normalized spacial score (nSPS) is 38.0. The summed E-state index contributed by atoms with van der Waals surface area (Å²) in [6.45, 7) is 1.91. The third-order valence-electron chi connectivity index (χ3n) is 2.39. The molecule has 1 fully saturated rings. The molecule has 0 aromatic heterocycles. The number of alkyl halides is 1. The zero-order chi connectivity index (χ0) is 10.8. The molecule has 0 spiro atoms. The summed E-state index contributed by atoms with van der Waals surface area (Å²) in [5.41, 5.74) is 0. The van der Waals surface area contributed by atoms with Gasteiger partial charge in [-0.1, -0.05) is 15.9 Å². The molecule has 0 amide bonds. The van der Waals surface area contributed by atoms with Crippen LogP contribution in [-0.2, 0) is 19.0 Å². The average Bonchev–Trinajstić information content (AvgIpc) is 2.20. The number of methoxy groups -OCH3 is 2. The van der Waals surface area contributed by atoms with E-state index in [9.17, 15) is 4.79 Å². The highest BCUT2D eigenvalue weighted by molar-refractivity contribution is 9.09. The fourth-order valence-electron chi connectivity index (χ4n) is 1.58. The molecule has 82 valence electrons. The van der Waals surface area contributed by atoms with Crippen LogP contribution in [0.15, 0.2) is 0 Å². The van der Waals surface area contributed by atoms with Crippen molar-refractivity contribution in [2.45, 2.75) is 36.5 Å². The van der Waals surface area contributed by atoms with E-state index >= 15 is 0 Å². The number of ether oxygens (including phenoxy) is 3. The molecule has 1 aliphatic rings. The number of carbonyl (C=O) groups excluding carboxylic acids is 1. The highest BCUT2D eigenvalue weighted by Crippen LogP contribution is 2.35. The maximum atomic E-state index is 11.6. The van der Waals surface area contributed by atoms with Crippen LogP contribution in [0.4, 0.5) is 0 Å². The first-order valence-corrected chi connectivity index (χ1v) is 5.44. The Bertz CT molecular complexity index is 221. The van der Waals surface area contributed by atoms with E-state index < -0.39 is 11.8 Å². The van der Waals surface area contributed by atoms with E-state index in [4.69, 9.17) is 9.47 Å². The van der Waals surface area contributed by atoms with Gasteiger partial charge in [0, 0.05) is 7.11 Å². The largest absolute Gasteiger partial charge is 0.465 e. The van der Waals surface area contributed by atoms with Crippen LogP contribution in [0.3, 0.4) is 0 Å². The molecule has 0 unspecified atom stereocenters. The van der Waals surface area contributed by atoms with Crippen molar-refractivity contribution in [1.29, 1.82) is 0 Å². The molecule has 0 aromatic rings. The summed E-state index contributed by atoms with van der Waals surface area (Å²) in [5, 5.41) is 0. The van der Waals surface area contributed by atoms with Crippen LogP contribution in [0.25, 0.3) is 0 Å². The van der Waals surface area contributed by atoms with Gasteiger partial charge in [0.2, 0.25) is 0 Å². The van der Waals surface area contributed by atoms with Gasteiger partial charge in [0.15, 0.2) is 0 Å². The lowest BCUT2D eigenvalue weighted by Crippen LogP contribution is -2.56. The number of rotatable bonds is 2. The molecule has 0 saturated carbocycles. The average molecular weight is 267 g/mol. The maximum absolute atomic E-state index is 11.6. The molecular formula is C9H15BrO4. The summed E-state index contributed by atoms with van der Waals surface area (Å²) in [6, 6.07) is 0. The summed E-state index contributed by atoms with van der Waals surface area (Å²) in [7, 11) is 2.77. The first kappa shape index (κ1) is 11.9. The van der Waals surface area contributed by atoms with E-state index in [1.165, 1.54) is 14.2 Å². The molecule has 1 heterocycles. The van der Waals surface area contributed by atoms with E-state index in [1.54, 1.807) is 0 Å². The van der Waals surface area contributed by atoms with Crippen molar-refractivity contribution in [2.24, 2.45) is 0 Å². The third-order valence-corrected chi connectivity index (χ3v) is 3.45. The van der Waals surface area contributed by atoms with E-state index in [2.05, 4.69) is 20.7 Å². The number of esters is 1. The molecule has 14 heavy (non-hydrogen) atoms. The first-order valence-electron chi connectivity index (χ1n) is 4.52. The second kappa shape index (κ2) is 4.59. The Kier molecular flexibility index (Phi) is 3.92. The lowest BCUT2D eigenvalue weighted by Gasteiger charge is -2.39. The standard InChI is InChI=1S/C9H15BrO4/c1-6-4-5-7(10)9(13-3,14-6)8(11)12-2/h6-7H,4-5H2,1-3H3/t6-,7-,9-/m0/s1. The number of halogens is 1. The quantitative estimate of drug-likeness (QED) is 0.561. The van der Waals surface area contributed by atoms with Gasteiger partial charge in [-0.05, 0) is 19.8 Å². The Morgan fingerprint density at radius 2 is 2.14 bits per heavy atom. The van der Waals surface area contributed by atoms with Gasteiger partial charge in [0.1, 0.15) is 0 Å². The molecule has 3 atom stereocenters. The highest BCUT2D eigenvalue weighted by Gasteiger charge is 2.51. The Morgan fingerprint density at radius 3 is 2.64 bits per heavy atom. The number of hydrogen-bond donors (Lipinski definition) is 0. The van der Waals surface area contributed by atoms with Crippen molar-refractivity contribution in [3.63, 3.8) is 0 Å². The van der Waals surface area contributed by atoms with Crippen molar-refractivity contribution < 1.29 is 19.0 Å². The minimum absolute atomic E-state index is 0.00264. The van der Waals surface area contributed by atoms with Crippen LogP contribution in [0.5, 0.6) is 0 Å². The third kappa shape index (κ3) is 1.94. The van der Waals surface area contributed by atoms with Gasteiger partial charge in [-0.2, -0.15) is 0 Å². The molecule has 0 radical (unpaired) electrons. The smallest absolute Gasteiger partial charge is 0.367 e. The van der Waals surface area contributed by atoms with Gasteiger partial charge < -0.3 is 14.2 Å². The molecule has 0 aliphatic carbocycles. The fourth-order valence-corrected chi connectivity index (χ4v) is 2.33. The Hall–Kier alpha value is -0.130. The predicted molar refractivity (Wildman–Crippen MR) is 54.3 cm³/mol. The zero-order valence-electron chi connectivity index (χ0n) is 8.58. The van der Waals surface area contributed by atoms with Gasteiger partial charge in [-0.3, -0.25) is 0 Å². The van der Waals surface area contributed by atoms with Crippen LogP contribution in [0.1, 0.15) is 19.8 Å². The van der Waals surface area contributed by atoms with Gasteiger partial charge in [-0.15, -0.1) is 0 Å². The van der Waals surface area contributed by atoms with Crippen LogP contribution in [-0.4, -0.2) is 36.9 Å². The molecule has 0 N–H and O–H groups in total. The van der Waals surface area contributed by atoms with Crippen LogP contribution >= 0.6 is 15.9 Å². The molecule has 0 bridgehead atoms. The van der Waals surface area contributed by atoms with Crippen molar-refractivity contribution in [3.8, 4) is 0 Å². The SMILES string of the molecule is COC(=O)[C@@]1(OC)O[C@@H](C)CC[C@@H]1Br. The van der Waals surface area contributed by atoms with Crippen LogP contribution < -0.4 is 0 Å². The second-order valence-corrected chi connectivity index (χ2v) is 4.44. The summed E-state index contributed by atoms with van der Waals surface area (Å²) >= 11 is 3.39. The summed E-state index contributed by atoms with van der Waals surface area (Å²) in [6.07, 6.45) is 1.73. The maximum Gasteiger partial charge on any atom is 0.367 e. The lowest BCUT2D eigenvalue weighted by atomic mass is 10.0. The van der Waals surface area contributed by atoms with E-state index in [0.29, 0.717) is 0 Å². The molecule has 0 aromatic carbocycles. The summed E-state index contributed by atoms with van der Waals surface area (Å²) < 4.78 is 15.4. The van der Waals surface area contributed by atoms with E-state index in [-0.39, 0.29) is 10.9 Å². The zero-order valence-corrected chi connectivity index (χ0v) is 10.2. The topological polar surface area (TPSA) is 44.8 Å². The van der Waals surface area contributed by atoms with Gasteiger partial charge in [-0.25, -0.2) is 4.79 Å². The summed E-state index contributed by atoms with van der Waals surface area (Å²) in [5.74, 6) is -1.78. The molecule has 4 nitrogen and oxygen atoms in total. The monoisotopic (exact) mass is 266 g/mol. The van der Waals surface area contributed by atoms with Crippen molar-refractivity contribution in [1.82, 2.24) is 0 Å². The second-order valence-electron chi connectivity index (χ2n) is 3.34. The highest BCUT2D eigenvalue weighted by atomic mass is 79.9. The van der Waals surface area contributed by atoms with Crippen LogP contribution in [0.2, 0.25) is 0 Å². The van der Waals surface area contributed by atoms with Crippen molar-refractivity contribution in [2.75, 3.05) is 14.2 Å². The van der Waals surface area contributed by atoms with Gasteiger partial charge in [0.25, 0.3) is 5.79 Å². The van der Waals surface area contributed by atoms with E-state index in [1.807, 2.05) is 6.92 Å². The fraction of sp³-hybridized carbons (Fsp3) is 0.889. The first-order chi connectivity index (χ1) is 6.56. The molecule has 1 rings (SSSR count). The molecule has 1 saturated heterocycles. The number of carbonyl (C=O) groups is 1. The Labute approximate surface area is 92.0 Å². The van der Waals surface area contributed by atoms with Crippen molar-refractivity contribution in [3.05, 3.63) is 0 Å².